The molecule has 2 nitrogen and oxygen atoms in total. The number of fused-ring (bicyclic) bond motifs is 1. The number of quaternary nitrogens is 1. The highest BCUT2D eigenvalue weighted by Gasteiger charge is 2.49. The molecule has 0 spiro atoms. The number of thioether (sulfide) groups is 1. The Morgan fingerprint density at radius 2 is 1.52 bits per heavy atom. The van der Waals surface area contributed by atoms with Crippen molar-refractivity contribution in [3.63, 3.8) is 0 Å². The fraction of sp³-hybridized carbons (Fsp3) is 0.739. The predicted octanol–water partition coefficient (Wildman–Crippen LogP) is 7.42. The first-order chi connectivity index (χ1) is 13.1. The van der Waals surface area contributed by atoms with E-state index in [9.17, 15) is 0 Å². The van der Waals surface area contributed by atoms with Gasteiger partial charge in [-0.25, -0.2) is 0 Å². The normalized spacial score (nSPS) is 24.0. The lowest BCUT2D eigenvalue weighted by Crippen LogP contribution is -2.57. The lowest BCUT2D eigenvalue weighted by Gasteiger charge is -2.43. The molecule has 0 aromatic heterocycles. The van der Waals surface area contributed by atoms with Gasteiger partial charge in [-0.1, -0.05) is 65.5 Å². The molecule has 3 atom stereocenters. The van der Waals surface area contributed by atoms with E-state index in [0.29, 0.717) is 4.71 Å². The molecule has 0 radical (unpaired) electrons. The summed E-state index contributed by atoms with van der Waals surface area (Å²) in [4.78, 5) is 1.45. The molecule has 27 heavy (non-hydrogen) atoms. The number of nitrogens with two attached hydrogens (primary N) is 1. The maximum Gasteiger partial charge on any atom is 0.206 e. The van der Waals surface area contributed by atoms with Gasteiger partial charge in [-0.15, -0.1) is 0 Å². The number of benzene rings is 1. The molecule has 1 aliphatic rings. The summed E-state index contributed by atoms with van der Waals surface area (Å²) in [6.45, 7) is 11.9. The lowest BCUT2D eigenvalue weighted by molar-refractivity contribution is 0.200. The van der Waals surface area contributed by atoms with Gasteiger partial charge in [-0.2, -0.15) is 0 Å². The summed E-state index contributed by atoms with van der Waals surface area (Å²) < 4.78 is 1.49. The Hall–Kier alpha value is -0.160. The van der Waals surface area contributed by atoms with Gasteiger partial charge in [0, 0.05) is 17.9 Å². The number of para-hydroxylation sites is 1. The van der Waals surface area contributed by atoms with Crippen molar-refractivity contribution in [2.75, 3.05) is 13.1 Å². The second-order valence-electron chi connectivity index (χ2n) is 8.26. The van der Waals surface area contributed by atoms with Crippen LogP contribution in [0, 0.1) is 11.8 Å². The van der Waals surface area contributed by atoms with E-state index in [1.54, 1.807) is 11.9 Å². The van der Waals surface area contributed by atoms with Crippen LogP contribution in [0.25, 0.3) is 0 Å². The van der Waals surface area contributed by atoms with Gasteiger partial charge in [0.1, 0.15) is 5.69 Å². The van der Waals surface area contributed by atoms with E-state index in [-0.39, 0.29) is 0 Å². The van der Waals surface area contributed by atoms with E-state index in [0.717, 1.165) is 16.3 Å². The zero-order chi connectivity index (χ0) is 19.7. The maximum absolute atomic E-state index is 6.30. The van der Waals surface area contributed by atoms with Gasteiger partial charge in [-0.3, -0.25) is 9.62 Å². The molecule has 0 saturated heterocycles. The highest BCUT2D eigenvalue weighted by Crippen LogP contribution is 2.53. The summed E-state index contributed by atoms with van der Waals surface area (Å²) in [5.74, 6) is 1.57. The molecule has 2 N–H and O–H groups in total. The van der Waals surface area contributed by atoms with Crippen LogP contribution in [0.1, 0.15) is 79.1 Å². The van der Waals surface area contributed by atoms with Crippen LogP contribution >= 0.6 is 23.7 Å². The third-order valence-corrected chi connectivity index (χ3v) is 8.81. The van der Waals surface area contributed by atoms with Gasteiger partial charge in [-0.05, 0) is 55.5 Å². The molecule has 1 aromatic rings. The zero-order valence-electron chi connectivity index (χ0n) is 18.0. The molecule has 0 fully saturated rings. The standard InChI is InChI=1S/C23H41N2S2/c1-5-9-13-19(7-3)17-25(18-20(8-4)14-10-6-2)21-15-11-12-16-22(21)26-23(25)27-24/h11-12,15-16,19-20,23H,5-10,13-14,17-18,24H2,1-4H3/q+1. The van der Waals surface area contributed by atoms with Gasteiger partial charge in [0.05, 0.1) is 18.0 Å². The van der Waals surface area contributed by atoms with E-state index in [2.05, 4.69) is 52.0 Å². The molecule has 1 aliphatic heterocycles. The van der Waals surface area contributed by atoms with E-state index in [4.69, 9.17) is 5.14 Å². The number of rotatable bonds is 13. The molecule has 154 valence electrons. The third kappa shape index (κ3) is 5.68. The molecule has 2 rings (SSSR count). The minimum Gasteiger partial charge on any atom is -0.272 e. The molecule has 0 aliphatic carbocycles. The summed E-state index contributed by atoms with van der Waals surface area (Å²) in [6.07, 6.45) is 10.6. The fourth-order valence-electron chi connectivity index (χ4n) is 4.59. The third-order valence-electron chi connectivity index (χ3n) is 6.35. The van der Waals surface area contributed by atoms with Crippen LogP contribution in [0.15, 0.2) is 29.2 Å². The lowest BCUT2D eigenvalue weighted by atomic mass is 9.93. The first-order valence-electron chi connectivity index (χ1n) is 11.1. The number of unbranched alkanes of at least 4 members (excludes halogenated alkanes) is 2. The van der Waals surface area contributed by atoms with E-state index >= 15 is 0 Å². The second-order valence-corrected chi connectivity index (χ2v) is 10.4. The number of hydrogen-bond donors (Lipinski definition) is 1. The average Bonchev–Trinajstić information content (AvgIpc) is 3.01. The summed E-state index contributed by atoms with van der Waals surface area (Å²) >= 11 is 3.59. The first-order valence-corrected chi connectivity index (χ1v) is 13.0. The van der Waals surface area contributed by atoms with Crippen molar-refractivity contribution in [1.82, 2.24) is 4.48 Å². The van der Waals surface area contributed by atoms with Crippen LogP contribution in [-0.2, 0) is 0 Å². The largest absolute Gasteiger partial charge is 0.272 e. The fourth-order valence-corrected chi connectivity index (χ4v) is 6.88. The van der Waals surface area contributed by atoms with E-state index in [1.165, 1.54) is 75.0 Å². The molecule has 1 aromatic carbocycles. The van der Waals surface area contributed by atoms with Crippen LogP contribution in [0.5, 0.6) is 0 Å². The number of nitrogens with zero attached hydrogens (tertiary/aromatic N) is 1. The highest BCUT2D eigenvalue weighted by atomic mass is 32.2. The van der Waals surface area contributed by atoms with Crippen molar-refractivity contribution >= 4 is 29.4 Å². The van der Waals surface area contributed by atoms with Crippen molar-refractivity contribution in [3.8, 4) is 0 Å². The minimum absolute atomic E-state index is 0.397. The SMILES string of the molecule is CCCCC(CC)C[N+]1(CC(CC)CCCC)c2ccccc2SC1SN. The molecule has 1 heterocycles. The quantitative estimate of drug-likeness (QED) is 0.271. The van der Waals surface area contributed by atoms with Gasteiger partial charge >= 0.3 is 0 Å². The highest BCUT2D eigenvalue weighted by molar-refractivity contribution is 8.16. The van der Waals surface area contributed by atoms with Crippen molar-refractivity contribution in [2.45, 2.75) is 88.7 Å². The van der Waals surface area contributed by atoms with Crippen molar-refractivity contribution in [2.24, 2.45) is 17.0 Å². The van der Waals surface area contributed by atoms with Crippen molar-refractivity contribution in [3.05, 3.63) is 24.3 Å². The van der Waals surface area contributed by atoms with Crippen LogP contribution in [0.3, 0.4) is 0 Å². The van der Waals surface area contributed by atoms with Crippen LogP contribution in [0.4, 0.5) is 5.69 Å². The topological polar surface area (TPSA) is 26.0 Å². The van der Waals surface area contributed by atoms with E-state index in [1.807, 2.05) is 11.8 Å². The van der Waals surface area contributed by atoms with Crippen LogP contribution < -0.4 is 9.62 Å². The number of hydrogen-bond acceptors (Lipinski definition) is 3. The van der Waals surface area contributed by atoms with Crippen LogP contribution in [0.2, 0.25) is 0 Å². The molecule has 0 saturated carbocycles. The minimum atomic E-state index is 0.397. The molecule has 0 bridgehead atoms. The Labute approximate surface area is 176 Å². The first kappa shape index (κ1) is 23.1. The summed E-state index contributed by atoms with van der Waals surface area (Å²) in [7, 11) is 0. The van der Waals surface area contributed by atoms with Crippen LogP contribution in [-0.4, -0.2) is 17.8 Å². The Bertz CT molecular complexity index is 531. The van der Waals surface area contributed by atoms with Gasteiger partial charge in [0.25, 0.3) is 0 Å². The molecular formula is C23H41N2S2+. The summed E-state index contributed by atoms with van der Waals surface area (Å²) in [5, 5.41) is 6.30. The van der Waals surface area contributed by atoms with Crippen molar-refractivity contribution in [1.29, 1.82) is 0 Å². The molecule has 0 amide bonds. The van der Waals surface area contributed by atoms with E-state index < -0.39 is 0 Å². The smallest absolute Gasteiger partial charge is 0.206 e. The molecule has 4 heteroatoms. The van der Waals surface area contributed by atoms with Crippen molar-refractivity contribution < 1.29 is 0 Å². The Morgan fingerprint density at radius 3 is 2.00 bits per heavy atom. The molecular weight excluding hydrogens is 368 g/mol. The monoisotopic (exact) mass is 409 g/mol. The Kier molecular flexibility index (Phi) is 10.1. The summed E-state index contributed by atoms with van der Waals surface area (Å²) in [6, 6.07) is 9.11. The van der Waals surface area contributed by atoms with Gasteiger partial charge in [0.15, 0.2) is 0 Å². The summed E-state index contributed by atoms with van der Waals surface area (Å²) in [5.41, 5.74) is 1.54. The maximum atomic E-state index is 6.30. The average molecular weight is 410 g/mol. The Balaban J connectivity index is 2.37. The van der Waals surface area contributed by atoms with Gasteiger partial charge < -0.3 is 0 Å². The zero-order valence-corrected chi connectivity index (χ0v) is 19.6. The second kappa shape index (κ2) is 11.7. The predicted molar refractivity (Wildman–Crippen MR) is 126 cm³/mol. The Morgan fingerprint density at radius 1 is 0.963 bits per heavy atom. The van der Waals surface area contributed by atoms with Gasteiger partial charge in [0.2, 0.25) is 4.71 Å². The molecule has 3 unspecified atom stereocenters.